The van der Waals surface area contributed by atoms with Crippen LogP contribution >= 0.6 is 0 Å². The summed E-state index contributed by atoms with van der Waals surface area (Å²) >= 11 is 0. The third-order valence-corrected chi connectivity index (χ3v) is 4.14. The second kappa shape index (κ2) is 5.46. The summed E-state index contributed by atoms with van der Waals surface area (Å²) in [6.45, 7) is 3.26. The SMILES string of the molecule is CCOC1CC(CC(=O)N2CCC(N)(C(=O)O)C2)C1. The number of amides is 1. The molecule has 2 aliphatic rings. The van der Waals surface area contributed by atoms with Crippen LogP contribution in [0, 0.1) is 5.92 Å². The molecule has 2 fully saturated rings. The van der Waals surface area contributed by atoms with Gasteiger partial charge in [0, 0.05) is 26.1 Å². The van der Waals surface area contributed by atoms with Crippen LogP contribution in [0.2, 0.25) is 0 Å². The van der Waals surface area contributed by atoms with Crippen LogP contribution in [-0.4, -0.2) is 53.2 Å². The quantitative estimate of drug-likeness (QED) is 0.744. The first-order valence-corrected chi connectivity index (χ1v) is 6.86. The Kier molecular flexibility index (Phi) is 4.10. The van der Waals surface area contributed by atoms with E-state index in [4.69, 9.17) is 15.6 Å². The first kappa shape index (κ1) is 14.3. The van der Waals surface area contributed by atoms with E-state index < -0.39 is 11.5 Å². The zero-order chi connectivity index (χ0) is 14.0. The molecule has 0 radical (unpaired) electrons. The van der Waals surface area contributed by atoms with Crippen molar-refractivity contribution < 1.29 is 19.4 Å². The molecule has 1 aliphatic heterocycles. The van der Waals surface area contributed by atoms with E-state index in [9.17, 15) is 9.59 Å². The van der Waals surface area contributed by atoms with Crippen LogP contribution in [0.1, 0.15) is 32.6 Å². The molecule has 3 N–H and O–H groups in total. The lowest BCUT2D eigenvalue weighted by molar-refractivity contribution is -0.143. The molecule has 1 unspecified atom stereocenters. The van der Waals surface area contributed by atoms with E-state index in [2.05, 4.69) is 0 Å². The highest BCUT2D eigenvalue weighted by molar-refractivity contribution is 5.83. The normalized spacial score (nSPS) is 34.1. The van der Waals surface area contributed by atoms with Crippen LogP contribution in [-0.2, 0) is 14.3 Å². The number of nitrogens with two attached hydrogens (primary N) is 1. The summed E-state index contributed by atoms with van der Waals surface area (Å²) in [5.74, 6) is -0.627. The highest BCUT2D eigenvalue weighted by atomic mass is 16.5. The maximum Gasteiger partial charge on any atom is 0.325 e. The predicted octanol–water partition coefficient (Wildman–Crippen LogP) is 0.206. The Morgan fingerprint density at radius 3 is 2.68 bits per heavy atom. The number of carboxylic acids is 1. The number of carboxylic acid groups (broad SMARTS) is 1. The molecule has 1 amide bonds. The fourth-order valence-electron chi connectivity index (χ4n) is 2.81. The molecule has 2 rings (SSSR count). The highest BCUT2D eigenvalue weighted by Crippen LogP contribution is 2.33. The molecule has 108 valence electrons. The zero-order valence-electron chi connectivity index (χ0n) is 11.3. The Labute approximate surface area is 112 Å². The number of carbonyl (C=O) groups is 2. The van der Waals surface area contributed by atoms with E-state index in [-0.39, 0.29) is 12.5 Å². The summed E-state index contributed by atoms with van der Waals surface area (Å²) in [6.07, 6.45) is 2.98. The van der Waals surface area contributed by atoms with E-state index in [1.807, 2.05) is 6.92 Å². The molecule has 6 heteroatoms. The molecule has 0 bridgehead atoms. The Hall–Kier alpha value is -1.14. The van der Waals surface area contributed by atoms with Gasteiger partial charge in [0.2, 0.25) is 5.91 Å². The summed E-state index contributed by atoms with van der Waals surface area (Å²) in [7, 11) is 0. The van der Waals surface area contributed by atoms with Crippen molar-refractivity contribution in [3.63, 3.8) is 0 Å². The van der Waals surface area contributed by atoms with Crippen LogP contribution in [0.25, 0.3) is 0 Å². The number of hydrogen-bond acceptors (Lipinski definition) is 4. The average molecular weight is 270 g/mol. The molecule has 19 heavy (non-hydrogen) atoms. The predicted molar refractivity (Wildman–Crippen MR) is 68.5 cm³/mol. The van der Waals surface area contributed by atoms with Crippen molar-refractivity contribution in [2.24, 2.45) is 11.7 Å². The second-order valence-corrected chi connectivity index (χ2v) is 5.65. The van der Waals surface area contributed by atoms with Crippen LogP contribution < -0.4 is 5.73 Å². The largest absolute Gasteiger partial charge is 0.480 e. The van der Waals surface area contributed by atoms with Crippen molar-refractivity contribution in [2.75, 3.05) is 19.7 Å². The molecule has 1 saturated heterocycles. The number of carbonyl (C=O) groups excluding carboxylic acids is 1. The second-order valence-electron chi connectivity index (χ2n) is 5.65. The van der Waals surface area contributed by atoms with Gasteiger partial charge in [-0.15, -0.1) is 0 Å². The lowest BCUT2D eigenvalue weighted by Crippen LogP contribution is -2.50. The van der Waals surface area contributed by atoms with E-state index in [1.165, 1.54) is 0 Å². The lowest BCUT2D eigenvalue weighted by Gasteiger charge is -2.35. The van der Waals surface area contributed by atoms with E-state index in [1.54, 1.807) is 4.90 Å². The van der Waals surface area contributed by atoms with Crippen LogP contribution in [0.15, 0.2) is 0 Å². The number of ether oxygens (including phenoxy) is 1. The fraction of sp³-hybridized carbons (Fsp3) is 0.846. The summed E-state index contributed by atoms with van der Waals surface area (Å²) < 4.78 is 5.46. The highest BCUT2D eigenvalue weighted by Gasteiger charge is 2.43. The van der Waals surface area contributed by atoms with Gasteiger partial charge in [0.25, 0.3) is 0 Å². The molecular weight excluding hydrogens is 248 g/mol. The number of hydrogen-bond donors (Lipinski definition) is 2. The van der Waals surface area contributed by atoms with Crippen molar-refractivity contribution in [3.8, 4) is 0 Å². The van der Waals surface area contributed by atoms with Gasteiger partial charge in [0.05, 0.1) is 6.10 Å². The molecule has 1 heterocycles. The minimum atomic E-state index is -1.26. The van der Waals surface area contributed by atoms with Gasteiger partial charge in [-0.1, -0.05) is 0 Å². The van der Waals surface area contributed by atoms with Crippen LogP contribution in [0.4, 0.5) is 0 Å². The zero-order valence-corrected chi connectivity index (χ0v) is 11.3. The van der Waals surface area contributed by atoms with Crippen molar-refractivity contribution in [3.05, 3.63) is 0 Å². The molecule has 1 aliphatic carbocycles. The average Bonchev–Trinajstić information content (AvgIpc) is 2.70. The number of rotatable bonds is 5. The number of aliphatic carboxylic acids is 1. The van der Waals surface area contributed by atoms with Gasteiger partial charge in [-0.3, -0.25) is 9.59 Å². The summed E-state index contributed by atoms with van der Waals surface area (Å²) in [5.41, 5.74) is 4.49. The first-order chi connectivity index (χ1) is 8.94. The third-order valence-electron chi connectivity index (χ3n) is 4.14. The molecule has 0 aromatic rings. The van der Waals surface area contributed by atoms with E-state index >= 15 is 0 Å². The molecule has 0 aromatic heterocycles. The van der Waals surface area contributed by atoms with Gasteiger partial charge >= 0.3 is 5.97 Å². The van der Waals surface area contributed by atoms with Crippen molar-refractivity contribution in [1.29, 1.82) is 0 Å². The Morgan fingerprint density at radius 1 is 1.47 bits per heavy atom. The third kappa shape index (κ3) is 3.06. The van der Waals surface area contributed by atoms with Gasteiger partial charge < -0.3 is 20.5 Å². The van der Waals surface area contributed by atoms with Gasteiger partial charge in [-0.25, -0.2) is 0 Å². The number of likely N-dealkylation sites (tertiary alicyclic amines) is 1. The summed E-state index contributed by atoms with van der Waals surface area (Å²) in [4.78, 5) is 24.7. The maximum absolute atomic E-state index is 12.1. The minimum absolute atomic E-state index is 0.0218. The fourth-order valence-corrected chi connectivity index (χ4v) is 2.81. The minimum Gasteiger partial charge on any atom is -0.480 e. The first-order valence-electron chi connectivity index (χ1n) is 6.86. The molecule has 1 atom stereocenters. The van der Waals surface area contributed by atoms with Gasteiger partial charge in [0.15, 0.2) is 0 Å². The standard InChI is InChI=1S/C13H22N2O4/c1-2-19-10-5-9(6-10)7-11(16)15-4-3-13(14,8-15)12(17)18/h9-10H,2-8,14H2,1H3,(H,17,18). The topological polar surface area (TPSA) is 92.9 Å². The van der Waals surface area contributed by atoms with Crippen molar-refractivity contribution >= 4 is 11.9 Å². The van der Waals surface area contributed by atoms with Crippen molar-refractivity contribution in [1.82, 2.24) is 4.90 Å². The summed E-state index contributed by atoms with van der Waals surface area (Å²) in [6, 6.07) is 0. The molecule has 0 spiro atoms. The molecular formula is C13H22N2O4. The molecule has 0 aromatic carbocycles. The van der Waals surface area contributed by atoms with Crippen LogP contribution in [0.5, 0.6) is 0 Å². The Morgan fingerprint density at radius 2 is 2.16 bits per heavy atom. The monoisotopic (exact) mass is 270 g/mol. The maximum atomic E-state index is 12.1. The Balaban J connectivity index is 1.75. The van der Waals surface area contributed by atoms with Crippen molar-refractivity contribution in [2.45, 2.75) is 44.2 Å². The number of nitrogens with zero attached hydrogens (tertiary/aromatic N) is 1. The van der Waals surface area contributed by atoms with E-state index in [0.29, 0.717) is 38.0 Å². The van der Waals surface area contributed by atoms with Gasteiger partial charge in [-0.2, -0.15) is 0 Å². The summed E-state index contributed by atoms with van der Waals surface area (Å²) in [5, 5.41) is 9.03. The Bertz CT molecular complexity index is 368. The van der Waals surface area contributed by atoms with Crippen LogP contribution in [0.3, 0.4) is 0 Å². The molecule has 6 nitrogen and oxygen atoms in total. The molecule has 1 saturated carbocycles. The lowest BCUT2D eigenvalue weighted by atomic mass is 9.80. The van der Waals surface area contributed by atoms with E-state index in [0.717, 1.165) is 12.8 Å². The van der Waals surface area contributed by atoms with Gasteiger partial charge in [-0.05, 0) is 32.1 Å². The van der Waals surface area contributed by atoms with Gasteiger partial charge in [0.1, 0.15) is 5.54 Å². The smallest absolute Gasteiger partial charge is 0.325 e.